The van der Waals surface area contributed by atoms with Gasteiger partial charge in [0.05, 0.1) is 17.7 Å². The number of hydrazine groups is 1. The molecule has 4 N–H and O–H groups in total. The maximum atomic E-state index is 5.33. The molecule has 6 heteroatoms. The molecule has 0 radical (unpaired) electrons. The van der Waals surface area contributed by atoms with Crippen LogP contribution in [-0.2, 0) is 6.54 Å². The third-order valence-electron chi connectivity index (χ3n) is 1.84. The van der Waals surface area contributed by atoms with E-state index in [4.69, 9.17) is 5.84 Å². The molecule has 0 saturated carbocycles. The number of nitrogens with zero attached hydrogens (tertiary/aromatic N) is 2. The molecule has 0 amide bonds. The van der Waals surface area contributed by atoms with Crippen LogP contribution in [0.3, 0.4) is 0 Å². The summed E-state index contributed by atoms with van der Waals surface area (Å²) in [5.41, 5.74) is 5.30. The molecule has 1 aromatic rings. The Morgan fingerprint density at radius 3 is 3.13 bits per heavy atom. The minimum absolute atomic E-state index is 0.558. The molecule has 0 aliphatic heterocycles. The van der Waals surface area contributed by atoms with Crippen molar-refractivity contribution in [3.8, 4) is 0 Å². The minimum atomic E-state index is 0.558. The first-order chi connectivity index (χ1) is 7.36. The van der Waals surface area contributed by atoms with Gasteiger partial charge in [0.2, 0.25) is 5.96 Å². The Hall–Kier alpha value is -1.14. The third kappa shape index (κ3) is 4.75. The fraction of sp³-hybridized carbons (Fsp3) is 0.556. The van der Waals surface area contributed by atoms with Gasteiger partial charge in [-0.1, -0.05) is 13.3 Å². The summed E-state index contributed by atoms with van der Waals surface area (Å²) in [6.07, 6.45) is 2.26. The van der Waals surface area contributed by atoms with E-state index in [1.165, 1.54) is 0 Å². The molecule has 1 heterocycles. The highest BCUT2D eigenvalue weighted by Crippen LogP contribution is 2.01. The lowest BCUT2D eigenvalue weighted by atomic mass is 10.3. The highest BCUT2D eigenvalue weighted by atomic mass is 32.1. The van der Waals surface area contributed by atoms with Crippen molar-refractivity contribution in [2.75, 3.05) is 6.54 Å². The molecule has 5 nitrogen and oxygen atoms in total. The van der Waals surface area contributed by atoms with Crippen LogP contribution in [0, 0.1) is 0 Å². The van der Waals surface area contributed by atoms with Gasteiger partial charge in [0.1, 0.15) is 0 Å². The number of thiazole rings is 1. The number of nitrogens with one attached hydrogen (secondary N) is 2. The monoisotopic (exact) mass is 227 g/mol. The van der Waals surface area contributed by atoms with Crippen LogP contribution in [0.4, 0.5) is 0 Å². The molecule has 0 aromatic carbocycles. The average molecular weight is 227 g/mol. The molecule has 84 valence electrons. The fourth-order valence-corrected chi connectivity index (χ4v) is 1.56. The van der Waals surface area contributed by atoms with Crippen LogP contribution in [0.15, 0.2) is 15.9 Å². The van der Waals surface area contributed by atoms with Crippen molar-refractivity contribution in [1.29, 1.82) is 0 Å². The summed E-state index contributed by atoms with van der Waals surface area (Å²) in [6.45, 7) is 3.59. The van der Waals surface area contributed by atoms with E-state index in [-0.39, 0.29) is 0 Å². The number of hydrogen-bond acceptors (Lipinski definition) is 4. The van der Waals surface area contributed by atoms with E-state index < -0.39 is 0 Å². The Kier molecular flexibility index (Phi) is 5.72. The van der Waals surface area contributed by atoms with Crippen molar-refractivity contribution < 1.29 is 0 Å². The minimum Gasteiger partial charge on any atom is -0.355 e. The van der Waals surface area contributed by atoms with Crippen LogP contribution in [0.5, 0.6) is 0 Å². The van der Waals surface area contributed by atoms with E-state index >= 15 is 0 Å². The molecule has 1 aromatic heterocycles. The summed E-state index contributed by atoms with van der Waals surface area (Å²) in [5.74, 6) is 5.96. The summed E-state index contributed by atoms with van der Waals surface area (Å²) in [6, 6.07) is 0. The Labute approximate surface area is 93.8 Å². The van der Waals surface area contributed by atoms with Gasteiger partial charge in [-0.2, -0.15) is 0 Å². The van der Waals surface area contributed by atoms with Crippen LogP contribution in [0.2, 0.25) is 0 Å². The average Bonchev–Trinajstić information content (AvgIpc) is 2.76. The van der Waals surface area contributed by atoms with E-state index in [0.29, 0.717) is 12.5 Å². The number of hydrogen-bond donors (Lipinski definition) is 3. The lowest BCUT2D eigenvalue weighted by Gasteiger charge is -2.07. The molecule has 0 saturated heterocycles. The van der Waals surface area contributed by atoms with E-state index in [9.17, 15) is 0 Å². The second-order valence-electron chi connectivity index (χ2n) is 3.07. The van der Waals surface area contributed by atoms with Gasteiger partial charge in [0, 0.05) is 11.9 Å². The Bertz CT molecular complexity index is 283. The molecular weight excluding hydrogens is 210 g/mol. The number of guanidine groups is 1. The standard InChI is InChI=1S/C9H17N5S/c1-2-3-4-11-9(14-10)12-5-8-6-15-7-13-8/h6-7H,2-5,10H2,1H3,(H2,11,12,14). The number of rotatable bonds is 5. The number of nitrogens with two attached hydrogens (primary N) is 1. The normalized spacial score (nSPS) is 11.5. The maximum absolute atomic E-state index is 5.33. The lowest BCUT2D eigenvalue weighted by molar-refractivity contribution is 0.731. The van der Waals surface area contributed by atoms with Crippen LogP contribution >= 0.6 is 11.3 Å². The zero-order chi connectivity index (χ0) is 10.9. The van der Waals surface area contributed by atoms with Gasteiger partial charge in [-0.25, -0.2) is 15.8 Å². The van der Waals surface area contributed by atoms with Gasteiger partial charge >= 0.3 is 0 Å². The first-order valence-electron chi connectivity index (χ1n) is 4.98. The topological polar surface area (TPSA) is 75.3 Å². The van der Waals surface area contributed by atoms with Crippen LogP contribution in [0.25, 0.3) is 0 Å². The number of aliphatic imine (C=N–C) groups is 1. The predicted molar refractivity (Wildman–Crippen MR) is 63.5 cm³/mol. The quantitative estimate of drug-likeness (QED) is 0.229. The van der Waals surface area contributed by atoms with Crippen molar-refractivity contribution in [1.82, 2.24) is 15.7 Å². The summed E-state index contributed by atoms with van der Waals surface area (Å²) < 4.78 is 0. The van der Waals surface area contributed by atoms with Crippen molar-refractivity contribution in [3.05, 3.63) is 16.6 Å². The molecule has 0 aliphatic carbocycles. The van der Waals surface area contributed by atoms with Crippen LogP contribution in [-0.4, -0.2) is 17.5 Å². The second kappa shape index (κ2) is 7.19. The van der Waals surface area contributed by atoms with Gasteiger partial charge in [-0.05, 0) is 6.42 Å². The van der Waals surface area contributed by atoms with E-state index in [0.717, 1.165) is 25.1 Å². The zero-order valence-electron chi connectivity index (χ0n) is 8.86. The van der Waals surface area contributed by atoms with E-state index in [1.54, 1.807) is 16.8 Å². The molecule has 0 atom stereocenters. The van der Waals surface area contributed by atoms with Crippen molar-refractivity contribution in [3.63, 3.8) is 0 Å². The zero-order valence-corrected chi connectivity index (χ0v) is 9.68. The van der Waals surface area contributed by atoms with Crippen molar-refractivity contribution in [2.45, 2.75) is 26.3 Å². The molecule has 0 spiro atoms. The van der Waals surface area contributed by atoms with E-state index in [1.807, 2.05) is 5.38 Å². The summed E-state index contributed by atoms with van der Waals surface area (Å²) >= 11 is 1.57. The Balaban J connectivity index is 2.33. The van der Waals surface area contributed by atoms with Gasteiger partial charge < -0.3 is 5.32 Å². The van der Waals surface area contributed by atoms with Crippen LogP contribution in [0.1, 0.15) is 25.5 Å². The Morgan fingerprint density at radius 1 is 1.67 bits per heavy atom. The summed E-state index contributed by atoms with van der Waals surface area (Å²) in [4.78, 5) is 8.40. The molecular formula is C9H17N5S. The number of unbranched alkanes of at least 4 members (excludes halogenated alkanes) is 1. The second-order valence-corrected chi connectivity index (χ2v) is 3.79. The van der Waals surface area contributed by atoms with E-state index in [2.05, 4.69) is 27.6 Å². The van der Waals surface area contributed by atoms with Crippen LogP contribution < -0.4 is 16.6 Å². The maximum Gasteiger partial charge on any atom is 0.206 e. The smallest absolute Gasteiger partial charge is 0.206 e. The lowest BCUT2D eigenvalue weighted by Crippen LogP contribution is -2.41. The molecule has 0 unspecified atom stereocenters. The first kappa shape index (κ1) is 11.9. The largest absolute Gasteiger partial charge is 0.355 e. The summed E-state index contributed by atoms with van der Waals surface area (Å²) in [7, 11) is 0. The first-order valence-corrected chi connectivity index (χ1v) is 5.93. The van der Waals surface area contributed by atoms with Gasteiger partial charge in [-0.15, -0.1) is 11.3 Å². The van der Waals surface area contributed by atoms with Crippen molar-refractivity contribution >= 4 is 17.3 Å². The molecule has 1 rings (SSSR count). The number of aromatic nitrogens is 1. The van der Waals surface area contributed by atoms with Gasteiger partial charge in [-0.3, -0.25) is 5.43 Å². The van der Waals surface area contributed by atoms with Gasteiger partial charge in [0.15, 0.2) is 0 Å². The predicted octanol–water partition coefficient (Wildman–Crippen LogP) is 0.852. The SMILES string of the molecule is CCCCNC(=NCc1cscn1)NN. The summed E-state index contributed by atoms with van der Waals surface area (Å²) in [5, 5.41) is 5.10. The third-order valence-corrected chi connectivity index (χ3v) is 2.48. The Morgan fingerprint density at radius 2 is 2.53 bits per heavy atom. The molecule has 0 aliphatic rings. The molecule has 15 heavy (non-hydrogen) atoms. The molecule has 0 fully saturated rings. The van der Waals surface area contributed by atoms with Crippen molar-refractivity contribution in [2.24, 2.45) is 10.8 Å². The molecule has 0 bridgehead atoms. The fourth-order valence-electron chi connectivity index (χ4n) is 1.01. The van der Waals surface area contributed by atoms with Gasteiger partial charge in [0.25, 0.3) is 0 Å². The highest BCUT2D eigenvalue weighted by molar-refractivity contribution is 7.07. The highest BCUT2D eigenvalue weighted by Gasteiger charge is 1.96.